The topological polar surface area (TPSA) is 20.3 Å². The molecule has 0 aromatic heterocycles. The fourth-order valence-corrected chi connectivity index (χ4v) is 3.90. The molecule has 4 rings (SSSR count). The van der Waals surface area contributed by atoms with E-state index >= 15 is 0 Å². The Morgan fingerprint density at radius 2 is 1.86 bits per heavy atom. The summed E-state index contributed by atoms with van der Waals surface area (Å²) in [4.78, 5) is 14.6. The number of rotatable bonds is 2. The number of fused-ring (bicyclic) bond motifs is 2. The number of anilines is 1. The molecule has 0 radical (unpaired) electrons. The Labute approximate surface area is 135 Å². The molecule has 0 aliphatic carbocycles. The molecule has 2 nitrogen and oxygen atoms in total. The molecule has 1 saturated heterocycles. The van der Waals surface area contributed by atoms with Crippen LogP contribution in [0.1, 0.15) is 17.9 Å². The van der Waals surface area contributed by atoms with Crippen LogP contribution in [0.4, 0.5) is 5.69 Å². The second kappa shape index (κ2) is 5.29. The first kappa shape index (κ1) is 13.6. The number of nitrogens with zero attached hydrogens (tertiary/aromatic N) is 1. The summed E-state index contributed by atoms with van der Waals surface area (Å²) in [6.07, 6.45) is 4.63. The number of para-hydroxylation sites is 1. The zero-order chi connectivity index (χ0) is 15.1. The fourth-order valence-electron chi connectivity index (χ4n) is 3.70. The van der Waals surface area contributed by atoms with Crippen molar-refractivity contribution in [3.05, 3.63) is 77.3 Å². The summed E-state index contributed by atoms with van der Waals surface area (Å²) in [5.41, 5.74) is 2.32. The summed E-state index contributed by atoms with van der Waals surface area (Å²) < 4.78 is 0. The molecule has 0 saturated carbocycles. The van der Waals surface area contributed by atoms with Crippen molar-refractivity contribution in [3.8, 4) is 0 Å². The van der Waals surface area contributed by atoms with E-state index in [9.17, 15) is 4.79 Å². The average Bonchev–Trinajstić information content (AvgIpc) is 2.84. The van der Waals surface area contributed by atoms with Crippen LogP contribution in [0.15, 0.2) is 66.7 Å². The van der Waals surface area contributed by atoms with Crippen molar-refractivity contribution in [1.82, 2.24) is 0 Å². The van der Waals surface area contributed by atoms with Gasteiger partial charge >= 0.3 is 0 Å². The first-order valence-electron chi connectivity index (χ1n) is 7.55. The molecule has 3 atom stereocenters. The number of hydrogen-bond acceptors (Lipinski definition) is 2. The Hall–Kier alpha value is -2.06. The van der Waals surface area contributed by atoms with Crippen LogP contribution in [0.2, 0.25) is 5.02 Å². The largest absolute Gasteiger partial charge is 0.354 e. The van der Waals surface area contributed by atoms with Gasteiger partial charge in [0.25, 0.3) is 0 Å². The van der Waals surface area contributed by atoms with Gasteiger partial charge < -0.3 is 4.90 Å². The average molecular weight is 310 g/mol. The molecule has 0 spiro atoms. The third-order valence-corrected chi connectivity index (χ3v) is 4.90. The smallest absolute Gasteiger partial charge is 0.177 e. The van der Waals surface area contributed by atoms with Crippen molar-refractivity contribution >= 4 is 23.1 Å². The highest BCUT2D eigenvalue weighted by molar-refractivity contribution is 6.30. The highest BCUT2D eigenvalue weighted by atomic mass is 35.5. The van der Waals surface area contributed by atoms with Crippen molar-refractivity contribution < 1.29 is 4.79 Å². The zero-order valence-electron chi connectivity index (χ0n) is 12.0. The predicted molar refractivity (Wildman–Crippen MR) is 89.5 cm³/mol. The van der Waals surface area contributed by atoms with Crippen LogP contribution in [0.3, 0.4) is 0 Å². The molecular weight excluding hydrogens is 294 g/mol. The van der Waals surface area contributed by atoms with Crippen molar-refractivity contribution in [2.24, 2.45) is 0 Å². The first-order valence-corrected chi connectivity index (χ1v) is 7.93. The van der Waals surface area contributed by atoms with E-state index in [1.807, 2.05) is 42.5 Å². The van der Waals surface area contributed by atoms with Crippen molar-refractivity contribution in [2.45, 2.75) is 24.4 Å². The molecule has 2 bridgehead atoms. The molecule has 3 heteroatoms. The van der Waals surface area contributed by atoms with Crippen LogP contribution in [-0.2, 0) is 4.79 Å². The molecule has 1 fully saturated rings. The molecule has 22 heavy (non-hydrogen) atoms. The Morgan fingerprint density at radius 1 is 1.05 bits per heavy atom. The number of hydrogen-bond donors (Lipinski definition) is 0. The van der Waals surface area contributed by atoms with E-state index in [1.54, 1.807) is 6.08 Å². The van der Waals surface area contributed by atoms with E-state index in [0.717, 1.165) is 17.1 Å². The number of halogens is 1. The lowest BCUT2D eigenvalue weighted by atomic mass is 9.91. The highest BCUT2D eigenvalue weighted by Gasteiger charge is 2.45. The van der Waals surface area contributed by atoms with E-state index in [1.165, 1.54) is 5.56 Å². The highest BCUT2D eigenvalue weighted by Crippen LogP contribution is 2.43. The van der Waals surface area contributed by atoms with Gasteiger partial charge in [0.15, 0.2) is 5.78 Å². The third kappa shape index (κ3) is 2.15. The number of carbonyl (C=O) groups is 1. The molecule has 3 unspecified atom stereocenters. The maximum Gasteiger partial charge on any atom is 0.177 e. The second-order valence-electron chi connectivity index (χ2n) is 5.91. The minimum Gasteiger partial charge on any atom is -0.354 e. The summed E-state index contributed by atoms with van der Waals surface area (Å²) in [5, 5.41) is 0.750. The molecule has 2 aliphatic heterocycles. The summed E-state index contributed by atoms with van der Waals surface area (Å²) in [6, 6.07) is 18.3. The van der Waals surface area contributed by atoms with Crippen LogP contribution in [0.5, 0.6) is 0 Å². The number of carbonyl (C=O) groups excluding carboxylic acids is 1. The molecule has 110 valence electrons. The van der Waals surface area contributed by atoms with Gasteiger partial charge in [-0.15, -0.1) is 0 Å². The van der Waals surface area contributed by atoms with Crippen LogP contribution in [-0.4, -0.2) is 17.9 Å². The molecule has 2 aliphatic rings. The summed E-state index contributed by atoms with van der Waals surface area (Å²) in [6.45, 7) is 0. The minimum atomic E-state index is -0.0682. The lowest BCUT2D eigenvalue weighted by Gasteiger charge is -2.33. The summed E-state index contributed by atoms with van der Waals surface area (Å²) in [5.74, 6) is 0.497. The van der Waals surface area contributed by atoms with E-state index < -0.39 is 0 Å². The molecule has 0 amide bonds. The monoisotopic (exact) mass is 309 g/mol. The predicted octanol–water partition coefficient (Wildman–Crippen LogP) is 4.21. The maximum absolute atomic E-state index is 12.3. The SMILES string of the molecule is O=C1C=CC2C(c3cccc(Cl)c3)CC1N2c1ccccc1. The minimum absolute atomic E-state index is 0.0682. The van der Waals surface area contributed by atoms with Crippen molar-refractivity contribution in [2.75, 3.05) is 4.90 Å². The van der Waals surface area contributed by atoms with Gasteiger partial charge in [-0.1, -0.05) is 48.0 Å². The van der Waals surface area contributed by atoms with Crippen LogP contribution < -0.4 is 4.90 Å². The molecule has 0 N–H and O–H groups in total. The Bertz CT molecular complexity index is 740. The molecule has 2 heterocycles. The quantitative estimate of drug-likeness (QED) is 0.828. The van der Waals surface area contributed by atoms with Gasteiger partial charge in [-0.3, -0.25) is 4.79 Å². The molecule has 2 aromatic rings. The van der Waals surface area contributed by atoms with E-state index in [4.69, 9.17) is 11.6 Å². The number of ketones is 1. The van der Waals surface area contributed by atoms with Gasteiger partial charge in [-0.05, 0) is 42.3 Å². The van der Waals surface area contributed by atoms with E-state index in [-0.39, 0.29) is 17.9 Å². The van der Waals surface area contributed by atoms with Crippen LogP contribution in [0, 0.1) is 0 Å². The second-order valence-corrected chi connectivity index (χ2v) is 6.34. The fraction of sp³-hybridized carbons (Fsp3) is 0.211. The van der Waals surface area contributed by atoms with Gasteiger partial charge in [0.1, 0.15) is 0 Å². The summed E-state index contributed by atoms with van der Waals surface area (Å²) in [7, 11) is 0. The van der Waals surface area contributed by atoms with Gasteiger partial charge in [-0.2, -0.15) is 0 Å². The van der Waals surface area contributed by atoms with Gasteiger partial charge in [0, 0.05) is 16.6 Å². The normalized spacial score (nSPS) is 26.5. The molecule has 2 aromatic carbocycles. The zero-order valence-corrected chi connectivity index (χ0v) is 12.8. The van der Waals surface area contributed by atoms with Crippen molar-refractivity contribution in [3.63, 3.8) is 0 Å². The van der Waals surface area contributed by atoms with Crippen LogP contribution in [0.25, 0.3) is 0 Å². The first-order chi connectivity index (χ1) is 10.7. The van der Waals surface area contributed by atoms with Crippen molar-refractivity contribution in [1.29, 1.82) is 0 Å². The summed E-state index contributed by atoms with van der Waals surface area (Å²) >= 11 is 6.15. The Balaban J connectivity index is 1.76. The Kier molecular flexibility index (Phi) is 3.27. The lowest BCUT2D eigenvalue weighted by molar-refractivity contribution is -0.115. The van der Waals surface area contributed by atoms with Crippen LogP contribution >= 0.6 is 11.6 Å². The maximum atomic E-state index is 12.3. The standard InChI is InChI=1S/C19H16ClNO/c20-14-6-4-5-13(11-14)16-12-18-19(22)10-9-17(16)21(18)15-7-2-1-3-8-15/h1-11,16-18H,12H2. The van der Waals surface area contributed by atoms with Gasteiger partial charge in [0.05, 0.1) is 12.1 Å². The third-order valence-electron chi connectivity index (χ3n) is 4.66. The Morgan fingerprint density at radius 3 is 2.64 bits per heavy atom. The van der Waals surface area contributed by atoms with Gasteiger partial charge in [-0.25, -0.2) is 0 Å². The van der Waals surface area contributed by atoms with Gasteiger partial charge in [0.2, 0.25) is 0 Å². The number of benzene rings is 2. The lowest BCUT2D eigenvalue weighted by Crippen LogP contribution is -2.43. The van der Waals surface area contributed by atoms with E-state index in [2.05, 4.69) is 23.1 Å². The molecular formula is C19H16ClNO. The van der Waals surface area contributed by atoms with E-state index in [0.29, 0.717) is 5.92 Å².